The van der Waals surface area contributed by atoms with Gasteiger partial charge < -0.3 is 0 Å². The minimum Gasteiger partial charge on any atom is -0.268 e. The third-order valence-corrected chi connectivity index (χ3v) is 8.66. The maximum atomic E-state index is 13.9. The molecule has 0 radical (unpaired) electrons. The second-order valence-corrected chi connectivity index (χ2v) is 10.7. The highest BCUT2D eigenvalue weighted by molar-refractivity contribution is 7.98. The van der Waals surface area contributed by atoms with Gasteiger partial charge in [0, 0.05) is 10.6 Å². The SMILES string of the molecule is Cc1ccc(-n2c(SCc3cccc4ccccc34)nc3sc4c(c3c2=O)CCCC4)cc1. The average molecular weight is 469 g/mol. The molecule has 6 rings (SSSR count). The monoisotopic (exact) mass is 468 g/mol. The Morgan fingerprint density at radius 2 is 1.76 bits per heavy atom. The maximum absolute atomic E-state index is 13.9. The molecule has 33 heavy (non-hydrogen) atoms. The third-order valence-electron chi connectivity index (χ3n) is 6.49. The topological polar surface area (TPSA) is 34.9 Å². The van der Waals surface area contributed by atoms with Gasteiger partial charge in [0.05, 0.1) is 11.1 Å². The van der Waals surface area contributed by atoms with Crippen molar-refractivity contribution in [3.63, 3.8) is 0 Å². The van der Waals surface area contributed by atoms with Crippen LogP contribution in [0.25, 0.3) is 26.7 Å². The molecule has 0 saturated heterocycles. The highest BCUT2D eigenvalue weighted by Gasteiger charge is 2.23. The minimum atomic E-state index is 0.0728. The molecule has 3 aromatic carbocycles. The normalized spacial score (nSPS) is 13.5. The molecule has 0 bridgehead atoms. The average Bonchev–Trinajstić information content (AvgIpc) is 3.22. The van der Waals surface area contributed by atoms with Crippen molar-refractivity contribution in [3.05, 3.63) is 98.7 Å². The van der Waals surface area contributed by atoms with Gasteiger partial charge in [-0.25, -0.2) is 4.98 Å². The van der Waals surface area contributed by atoms with Crippen molar-refractivity contribution >= 4 is 44.1 Å². The highest BCUT2D eigenvalue weighted by atomic mass is 32.2. The van der Waals surface area contributed by atoms with Crippen LogP contribution in [0.5, 0.6) is 0 Å². The molecule has 0 aliphatic heterocycles. The number of benzene rings is 3. The summed E-state index contributed by atoms with van der Waals surface area (Å²) in [5.74, 6) is 0.760. The molecule has 0 amide bonds. The zero-order chi connectivity index (χ0) is 22.4. The summed E-state index contributed by atoms with van der Waals surface area (Å²) < 4.78 is 1.83. The summed E-state index contributed by atoms with van der Waals surface area (Å²) in [6.45, 7) is 2.07. The first-order valence-corrected chi connectivity index (χ1v) is 13.2. The van der Waals surface area contributed by atoms with Crippen LogP contribution < -0.4 is 5.56 Å². The van der Waals surface area contributed by atoms with E-state index in [4.69, 9.17) is 4.98 Å². The van der Waals surface area contributed by atoms with Gasteiger partial charge >= 0.3 is 0 Å². The zero-order valence-electron chi connectivity index (χ0n) is 18.5. The first kappa shape index (κ1) is 20.7. The van der Waals surface area contributed by atoms with Gasteiger partial charge in [-0.05, 0) is 66.6 Å². The van der Waals surface area contributed by atoms with Crippen molar-refractivity contribution in [1.82, 2.24) is 9.55 Å². The smallest absolute Gasteiger partial charge is 0.267 e. The van der Waals surface area contributed by atoms with E-state index in [0.717, 1.165) is 46.1 Å². The van der Waals surface area contributed by atoms with Crippen molar-refractivity contribution in [2.24, 2.45) is 0 Å². The summed E-state index contributed by atoms with van der Waals surface area (Å²) in [7, 11) is 0. The fourth-order valence-corrected chi connectivity index (χ4v) is 7.08. The summed E-state index contributed by atoms with van der Waals surface area (Å²) in [4.78, 5) is 21.2. The first-order valence-electron chi connectivity index (χ1n) is 11.4. The molecule has 0 unspecified atom stereocenters. The standard InChI is InChI=1S/C28H24N2OS2/c1-18-13-15-21(16-14-18)30-27(31)25-23-11-4-5-12-24(23)33-26(25)29-28(30)32-17-20-9-6-8-19-7-2-3-10-22(19)20/h2-3,6-10,13-16H,4-5,11-12,17H2,1H3. The maximum Gasteiger partial charge on any atom is 0.267 e. The number of aromatic nitrogens is 2. The lowest BCUT2D eigenvalue weighted by atomic mass is 9.97. The van der Waals surface area contributed by atoms with E-state index in [1.54, 1.807) is 23.1 Å². The molecule has 2 heterocycles. The molecule has 2 aromatic heterocycles. The van der Waals surface area contributed by atoms with Gasteiger partial charge in [-0.1, -0.05) is 71.9 Å². The van der Waals surface area contributed by atoms with Crippen molar-refractivity contribution in [3.8, 4) is 5.69 Å². The number of thioether (sulfide) groups is 1. The van der Waals surface area contributed by atoms with Crippen LogP contribution in [0, 0.1) is 6.92 Å². The quantitative estimate of drug-likeness (QED) is 0.209. The van der Waals surface area contributed by atoms with Crippen molar-refractivity contribution < 1.29 is 0 Å². The summed E-state index contributed by atoms with van der Waals surface area (Å²) in [6.07, 6.45) is 4.41. The number of thiophene rings is 1. The molecule has 5 aromatic rings. The van der Waals surface area contributed by atoms with E-state index in [0.29, 0.717) is 0 Å². The van der Waals surface area contributed by atoms with Crippen molar-refractivity contribution in [2.45, 2.75) is 43.5 Å². The van der Waals surface area contributed by atoms with Gasteiger partial charge in [0.15, 0.2) is 5.16 Å². The van der Waals surface area contributed by atoms with Crippen LogP contribution >= 0.6 is 23.1 Å². The number of nitrogens with zero attached hydrogens (tertiary/aromatic N) is 2. The van der Waals surface area contributed by atoms with E-state index in [2.05, 4.69) is 61.5 Å². The lowest BCUT2D eigenvalue weighted by Crippen LogP contribution is -2.22. The van der Waals surface area contributed by atoms with Crippen LogP contribution in [0.15, 0.2) is 76.7 Å². The first-order chi connectivity index (χ1) is 16.2. The van der Waals surface area contributed by atoms with Crippen LogP contribution in [0.4, 0.5) is 0 Å². The lowest BCUT2D eigenvalue weighted by Gasteiger charge is -2.14. The summed E-state index contributed by atoms with van der Waals surface area (Å²) >= 11 is 3.37. The second kappa shape index (κ2) is 8.47. The Morgan fingerprint density at radius 1 is 0.970 bits per heavy atom. The molecule has 0 spiro atoms. The number of hydrogen-bond acceptors (Lipinski definition) is 4. The van der Waals surface area contributed by atoms with Crippen molar-refractivity contribution in [1.29, 1.82) is 0 Å². The molecule has 0 fully saturated rings. The fraction of sp³-hybridized carbons (Fsp3) is 0.214. The van der Waals surface area contributed by atoms with Gasteiger partial charge in [0.1, 0.15) is 4.83 Å². The predicted molar refractivity (Wildman–Crippen MR) is 140 cm³/mol. The van der Waals surface area contributed by atoms with Crippen LogP contribution in [-0.4, -0.2) is 9.55 Å². The van der Waals surface area contributed by atoms with E-state index in [-0.39, 0.29) is 5.56 Å². The minimum absolute atomic E-state index is 0.0728. The summed E-state index contributed by atoms with van der Waals surface area (Å²) in [5, 5.41) is 4.10. The van der Waals surface area contributed by atoms with Gasteiger partial charge in [-0.3, -0.25) is 9.36 Å². The van der Waals surface area contributed by atoms with Crippen LogP contribution in [-0.2, 0) is 18.6 Å². The van der Waals surface area contributed by atoms with Crippen molar-refractivity contribution in [2.75, 3.05) is 0 Å². The van der Waals surface area contributed by atoms with Gasteiger partial charge in [-0.15, -0.1) is 11.3 Å². The van der Waals surface area contributed by atoms with Gasteiger partial charge in [0.25, 0.3) is 5.56 Å². The van der Waals surface area contributed by atoms with E-state index >= 15 is 0 Å². The van der Waals surface area contributed by atoms with Crippen LogP contribution in [0.1, 0.15) is 34.4 Å². The lowest BCUT2D eigenvalue weighted by molar-refractivity contribution is 0.699. The van der Waals surface area contributed by atoms with Crippen LogP contribution in [0.2, 0.25) is 0 Å². The van der Waals surface area contributed by atoms with Gasteiger partial charge in [-0.2, -0.15) is 0 Å². The number of hydrogen-bond donors (Lipinski definition) is 0. The molecule has 0 N–H and O–H groups in total. The molecule has 1 aliphatic carbocycles. The van der Waals surface area contributed by atoms with E-state index in [1.165, 1.54) is 38.8 Å². The Morgan fingerprint density at radius 3 is 2.64 bits per heavy atom. The molecule has 164 valence electrons. The second-order valence-electron chi connectivity index (χ2n) is 8.69. The number of rotatable bonds is 4. The molecule has 3 nitrogen and oxygen atoms in total. The Kier molecular flexibility index (Phi) is 5.31. The fourth-order valence-electron chi connectivity index (χ4n) is 4.77. The molecular formula is C28H24N2OS2. The Labute approximate surface area is 201 Å². The van der Waals surface area contributed by atoms with Crippen LogP contribution in [0.3, 0.4) is 0 Å². The molecule has 0 saturated carbocycles. The Hall–Kier alpha value is -2.89. The molecule has 0 atom stereocenters. The number of fused-ring (bicyclic) bond motifs is 4. The molecule has 5 heteroatoms. The Balaban J connectivity index is 1.50. The number of aryl methyl sites for hydroxylation is 3. The van der Waals surface area contributed by atoms with E-state index in [1.807, 2.05) is 16.7 Å². The third kappa shape index (κ3) is 3.69. The molecule has 1 aliphatic rings. The molecular weight excluding hydrogens is 444 g/mol. The predicted octanol–water partition coefficient (Wildman–Crippen LogP) is 7.08. The van der Waals surface area contributed by atoms with Gasteiger partial charge in [0.2, 0.25) is 0 Å². The summed E-state index contributed by atoms with van der Waals surface area (Å²) in [5.41, 5.74) is 4.64. The zero-order valence-corrected chi connectivity index (χ0v) is 20.1. The van der Waals surface area contributed by atoms with E-state index in [9.17, 15) is 4.79 Å². The Bertz CT molecular complexity index is 1540. The van der Waals surface area contributed by atoms with E-state index < -0.39 is 0 Å². The largest absolute Gasteiger partial charge is 0.268 e. The highest BCUT2D eigenvalue weighted by Crippen LogP contribution is 2.36. The summed E-state index contributed by atoms with van der Waals surface area (Å²) in [6, 6.07) is 23.1.